The zero-order chi connectivity index (χ0) is 11.9. The number of Topliss-reactive ketones (excluding diaryl/α,β-unsaturated/α-hetero) is 2. The van der Waals surface area contributed by atoms with E-state index in [-0.39, 0.29) is 11.1 Å². The molecule has 0 heterocycles. The Kier molecular flexibility index (Phi) is 2.05. The summed E-state index contributed by atoms with van der Waals surface area (Å²) in [6.45, 7) is 0. The molecule has 1 N–H and O–H groups in total. The minimum atomic E-state index is -1.29. The molecule has 1 aliphatic carbocycles. The molecular weight excluding hydrogens is 214 g/mol. The van der Waals surface area contributed by atoms with E-state index in [9.17, 15) is 24.8 Å². The minimum absolute atomic E-state index is 0.0128. The fourth-order valence-corrected chi connectivity index (χ4v) is 1.52. The molecule has 0 aliphatic heterocycles. The summed E-state index contributed by atoms with van der Waals surface area (Å²) < 4.78 is 0. The number of fused-ring (bicyclic) bond motifs is 1. The molecule has 80 valence electrons. The van der Waals surface area contributed by atoms with E-state index in [2.05, 4.69) is 0 Å². The maximum absolute atomic E-state index is 11.5. The van der Waals surface area contributed by atoms with Crippen molar-refractivity contribution in [1.29, 1.82) is 0 Å². The van der Waals surface area contributed by atoms with Crippen molar-refractivity contribution in [2.75, 3.05) is 0 Å². The number of hydrogen-bond acceptors (Lipinski definition) is 5. The maximum Gasteiger partial charge on any atom is 0.362 e. The summed E-state index contributed by atoms with van der Waals surface area (Å²) in [6, 6.07) is 5.70. The second-order valence-corrected chi connectivity index (χ2v) is 3.16. The van der Waals surface area contributed by atoms with Crippen LogP contribution in [0.25, 0.3) is 5.76 Å². The summed E-state index contributed by atoms with van der Waals surface area (Å²) in [4.78, 5) is 32.3. The van der Waals surface area contributed by atoms with Gasteiger partial charge in [0.05, 0.1) is 4.92 Å². The molecule has 0 amide bonds. The first kappa shape index (κ1) is 10.0. The van der Waals surface area contributed by atoms with Gasteiger partial charge in [-0.25, -0.2) is 0 Å². The van der Waals surface area contributed by atoms with E-state index in [1.54, 1.807) is 0 Å². The predicted molar refractivity (Wildman–Crippen MR) is 52.3 cm³/mol. The van der Waals surface area contributed by atoms with E-state index in [1.807, 2.05) is 0 Å². The molecule has 0 saturated heterocycles. The van der Waals surface area contributed by atoms with Gasteiger partial charge in [0.2, 0.25) is 11.5 Å². The maximum atomic E-state index is 11.5. The van der Waals surface area contributed by atoms with Crippen LogP contribution in [-0.4, -0.2) is 21.6 Å². The SMILES string of the molecule is O=C1C(=O)c2ccccc2C(O)=C1[N+](=O)[O-]. The number of hydrogen-bond donors (Lipinski definition) is 1. The van der Waals surface area contributed by atoms with Gasteiger partial charge in [-0.15, -0.1) is 0 Å². The van der Waals surface area contributed by atoms with Crippen LogP contribution in [-0.2, 0) is 4.79 Å². The van der Waals surface area contributed by atoms with Gasteiger partial charge in [-0.1, -0.05) is 24.3 Å². The van der Waals surface area contributed by atoms with Crippen molar-refractivity contribution in [2.45, 2.75) is 0 Å². The fraction of sp³-hybridized carbons (Fsp3) is 0. The molecule has 2 rings (SSSR count). The Labute approximate surface area is 89.0 Å². The molecule has 0 fully saturated rings. The molecule has 1 aliphatic rings. The Balaban J connectivity index is 2.79. The molecule has 1 aromatic carbocycles. The molecule has 0 aromatic heterocycles. The summed E-state index contributed by atoms with van der Waals surface area (Å²) in [6.07, 6.45) is 0. The van der Waals surface area contributed by atoms with Crippen LogP contribution in [0.2, 0.25) is 0 Å². The van der Waals surface area contributed by atoms with Gasteiger partial charge in [0.15, 0.2) is 0 Å². The Bertz CT molecular complexity index is 558. The van der Waals surface area contributed by atoms with Gasteiger partial charge >= 0.3 is 11.5 Å². The first-order valence-electron chi connectivity index (χ1n) is 4.30. The average molecular weight is 219 g/mol. The van der Waals surface area contributed by atoms with E-state index < -0.39 is 27.9 Å². The van der Waals surface area contributed by atoms with Gasteiger partial charge in [0.1, 0.15) is 0 Å². The highest BCUT2D eigenvalue weighted by Crippen LogP contribution is 2.27. The van der Waals surface area contributed by atoms with Gasteiger partial charge in [-0.2, -0.15) is 0 Å². The first-order chi connectivity index (χ1) is 7.54. The van der Waals surface area contributed by atoms with E-state index in [4.69, 9.17) is 0 Å². The van der Waals surface area contributed by atoms with Gasteiger partial charge < -0.3 is 5.11 Å². The highest BCUT2D eigenvalue weighted by Gasteiger charge is 2.40. The van der Waals surface area contributed by atoms with Crippen LogP contribution in [0, 0.1) is 10.1 Å². The zero-order valence-electron chi connectivity index (χ0n) is 7.84. The summed E-state index contributed by atoms with van der Waals surface area (Å²) in [5.74, 6) is -3.02. The number of nitrogens with zero attached hydrogens (tertiary/aromatic N) is 1. The summed E-state index contributed by atoms with van der Waals surface area (Å²) in [7, 11) is 0. The Morgan fingerprint density at radius 3 is 2.19 bits per heavy atom. The van der Waals surface area contributed by atoms with Crippen LogP contribution in [0.1, 0.15) is 15.9 Å². The van der Waals surface area contributed by atoms with E-state index in [0.29, 0.717) is 0 Å². The largest absolute Gasteiger partial charge is 0.502 e. The lowest BCUT2D eigenvalue weighted by Crippen LogP contribution is -2.27. The van der Waals surface area contributed by atoms with Crippen molar-refractivity contribution < 1.29 is 19.6 Å². The second-order valence-electron chi connectivity index (χ2n) is 3.16. The Morgan fingerprint density at radius 2 is 1.62 bits per heavy atom. The molecule has 0 saturated carbocycles. The van der Waals surface area contributed by atoms with Crippen molar-refractivity contribution in [1.82, 2.24) is 0 Å². The number of ketones is 2. The van der Waals surface area contributed by atoms with Crippen LogP contribution in [0.4, 0.5) is 0 Å². The topological polar surface area (TPSA) is 97.5 Å². The summed E-state index contributed by atoms with van der Waals surface area (Å²) in [5.41, 5.74) is -1.07. The van der Waals surface area contributed by atoms with Gasteiger partial charge in [0.25, 0.3) is 0 Å². The number of carbonyl (C=O) groups is 2. The lowest BCUT2D eigenvalue weighted by atomic mass is 9.92. The number of carbonyl (C=O) groups excluding carboxylic acids is 2. The second kappa shape index (κ2) is 3.27. The van der Waals surface area contributed by atoms with E-state index in [0.717, 1.165) is 0 Å². The van der Waals surface area contributed by atoms with Gasteiger partial charge in [-0.05, 0) is 0 Å². The molecule has 16 heavy (non-hydrogen) atoms. The minimum Gasteiger partial charge on any atom is -0.502 e. The van der Waals surface area contributed by atoms with E-state index in [1.165, 1.54) is 24.3 Å². The molecule has 6 heteroatoms. The van der Waals surface area contributed by atoms with E-state index >= 15 is 0 Å². The third-order valence-corrected chi connectivity index (χ3v) is 2.25. The molecule has 0 bridgehead atoms. The number of aliphatic hydroxyl groups is 1. The number of allylic oxidation sites excluding steroid dienone is 1. The fourth-order valence-electron chi connectivity index (χ4n) is 1.52. The van der Waals surface area contributed by atoms with Crippen molar-refractivity contribution >= 4 is 17.3 Å². The molecular formula is C10H5NO5. The summed E-state index contributed by atoms with van der Waals surface area (Å²) >= 11 is 0. The van der Waals surface area contributed by atoms with Crippen molar-refractivity contribution in [2.24, 2.45) is 0 Å². The molecule has 1 aromatic rings. The van der Waals surface area contributed by atoms with Crippen LogP contribution >= 0.6 is 0 Å². The molecule has 0 radical (unpaired) electrons. The lowest BCUT2D eigenvalue weighted by Gasteiger charge is -2.11. The first-order valence-corrected chi connectivity index (χ1v) is 4.30. The Hall–Kier alpha value is -2.50. The van der Waals surface area contributed by atoms with Crippen LogP contribution in [0.5, 0.6) is 0 Å². The monoisotopic (exact) mass is 219 g/mol. The Morgan fingerprint density at radius 1 is 1.06 bits per heavy atom. The van der Waals surface area contributed by atoms with Crippen LogP contribution < -0.4 is 0 Å². The standard InChI is InChI=1S/C10H5NO5/c12-8-5-3-1-2-4-6(5)9(13)10(14)7(8)11(15)16/h1-4,12H. The van der Waals surface area contributed by atoms with Crippen molar-refractivity contribution in [3.05, 3.63) is 51.2 Å². The summed E-state index contributed by atoms with van der Waals surface area (Å²) in [5, 5.41) is 20.1. The highest BCUT2D eigenvalue weighted by atomic mass is 16.6. The van der Waals surface area contributed by atoms with Crippen molar-refractivity contribution in [3.8, 4) is 0 Å². The third kappa shape index (κ3) is 1.20. The average Bonchev–Trinajstić information content (AvgIpc) is 2.26. The quantitative estimate of drug-likeness (QED) is 0.431. The van der Waals surface area contributed by atoms with Crippen molar-refractivity contribution in [3.63, 3.8) is 0 Å². The highest BCUT2D eigenvalue weighted by molar-refractivity contribution is 6.51. The van der Waals surface area contributed by atoms with Gasteiger partial charge in [-0.3, -0.25) is 19.7 Å². The molecule has 0 unspecified atom stereocenters. The number of aliphatic hydroxyl groups excluding tert-OH is 1. The smallest absolute Gasteiger partial charge is 0.362 e. The lowest BCUT2D eigenvalue weighted by molar-refractivity contribution is -0.418. The predicted octanol–water partition coefficient (Wildman–Crippen LogP) is 0.955. The molecule has 6 nitrogen and oxygen atoms in total. The number of rotatable bonds is 1. The number of nitro groups is 1. The normalized spacial score (nSPS) is 15.0. The van der Waals surface area contributed by atoms with Crippen LogP contribution in [0.3, 0.4) is 0 Å². The molecule has 0 spiro atoms. The van der Waals surface area contributed by atoms with Crippen LogP contribution in [0.15, 0.2) is 30.0 Å². The molecule has 0 atom stereocenters. The number of benzene rings is 1. The zero-order valence-corrected chi connectivity index (χ0v) is 7.84. The van der Waals surface area contributed by atoms with Gasteiger partial charge in [0, 0.05) is 11.1 Å². The third-order valence-electron chi connectivity index (χ3n) is 2.25.